The number of aliphatic imine (C=N–C) groups is 1. The molecule has 1 aliphatic rings. The minimum absolute atomic E-state index is 0. The van der Waals surface area contributed by atoms with Crippen LogP contribution in [0.4, 0.5) is 0 Å². The lowest BCUT2D eigenvalue weighted by Gasteiger charge is -1.91. The van der Waals surface area contributed by atoms with Gasteiger partial charge in [0.2, 0.25) is 0 Å². The molecular formula is C4H8IN2S-. The van der Waals surface area contributed by atoms with Gasteiger partial charge in [-0.05, 0) is 6.26 Å². The Morgan fingerprint density at radius 1 is 1.75 bits per heavy atom. The van der Waals surface area contributed by atoms with E-state index in [-0.39, 0.29) is 24.0 Å². The highest BCUT2D eigenvalue weighted by Gasteiger charge is 1.99. The van der Waals surface area contributed by atoms with Gasteiger partial charge in [-0.1, -0.05) is 11.8 Å². The smallest absolute Gasteiger partial charge is 0.156 e. The second kappa shape index (κ2) is 4.43. The van der Waals surface area contributed by atoms with Crippen molar-refractivity contribution in [1.82, 2.24) is 5.32 Å². The molecule has 0 saturated heterocycles. The number of thioether (sulfide) groups is 1. The highest BCUT2D eigenvalue weighted by Crippen LogP contribution is 1.97. The molecule has 48 valence electrons. The first kappa shape index (κ1) is 8.55. The lowest BCUT2D eigenvalue weighted by atomic mass is 10.7. The van der Waals surface area contributed by atoms with Crippen molar-refractivity contribution >= 4 is 16.9 Å². The first-order valence-corrected chi connectivity index (χ1v) is 3.48. The van der Waals surface area contributed by atoms with Gasteiger partial charge in [0.25, 0.3) is 0 Å². The largest absolute Gasteiger partial charge is 1.00 e. The predicted octanol–water partition coefficient (Wildman–Crippen LogP) is -2.69. The topological polar surface area (TPSA) is 24.4 Å². The van der Waals surface area contributed by atoms with Gasteiger partial charge in [0, 0.05) is 6.54 Å². The van der Waals surface area contributed by atoms with Crippen LogP contribution in [0.25, 0.3) is 0 Å². The summed E-state index contributed by atoms with van der Waals surface area (Å²) in [5.74, 6) is 0. The quantitative estimate of drug-likeness (QED) is 0.469. The summed E-state index contributed by atoms with van der Waals surface area (Å²) in [5.41, 5.74) is 0. The number of nitrogens with zero attached hydrogens (tertiary/aromatic N) is 1. The van der Waals surface area contributed by atoms with Gasteiger partial charge in [0.1, 0.15) is 0 Å². The van der Waals surface area contributed by atoms with E-state index in [2.05, 4.69) is 10.3 Å². The second-order valence-electron chi connectivity index (χ2n) is 1.32. The Bertz CT molecular complexity index is 94.0. The Morgan fingerprint density at radius 2 is 2.50 bits per heavy atom. The Hall–Kier alpha value is 0.550. The van der Waals surface area contributed by atoms with Crippen LogP contribution in [0.5, 0.6) is 0 Å². The molecule has 0 aliphatic carbocycles. The molecule has 0 spiro atoms. The van der Waals surface area contributed by atoms with Crippen LogP contribution in [0.1, 0.15) is 0 Å². The minimum atomic E-state index is 0. The van der Waals surface area contributed by atoms with Crippen LogP contribution in [0, 0.1) is 0 Å². The first-order chi connectivity index (χ1) is 3.43. The molecule has 1 aliphatic heterocycles. The predicted molar refractivity (Wildman–Crippen MR) is 33.8 cm³/mol. The molecule has 0 saturated carbocycles. The van der Waals surface area contributed by atoms with Crippen molar-refractivity contribution in [3.05, 3.63) is 0 Å². The molecule has 1 N–H and O–H groups in total. The number of amidine groups is 1. The zero-order valence-corrected chi connectivity index (χ0v) is 7.62. The molecular weight excluding hydrogens is 235 g/mol. The van der Waals surface area contributed by atoms with E-state index in [1.807, 2.05) is 6.26 Å². The van der Waals surface area contributed by atoms with Crippen molar-refractivity contribution in [2.24, 2.45) is 4.99 Å². The molecule has 0 aromatic heterocycles. The number of halogens is 1. The molecule has 0 fully saturated rings. The summed E-state index contributed by atoms with van der Waals surface area (Å²) in [6.45, 7) is 1.98. The Labute approximate surface area is 70.5 Å². The van der Waals surface area contributed by atoms with E-state index in [1.54, 1.807) is 11.8 Å². The SMILES string of the molecule is CSC1=NCCN1.[I-]. The molecule has 0 aromatic rings. The standard InChI is InChI=1S/C4H8N2S.HI/c1-7-4-5-2-3-6-4;/h2-3H2,1H3,(H,5,6);1H/p-1. The van der Waals surface area contributed by atoms with Crippen LogP contribution in [0.3, 0.4) is 0 Å². The number of hydrogen-bond donors (Lipinski definition) is 1. The average molecular weight is 243 g/mol. The summed E-state index contributed by atoms with van der Waals surface area (Å²) in [6.07, 6.45) is 2.02. The van der Waals surface area contributed by atoms with Crippen molar-refractivity contribution in [3.63, 3.8) is 0 Å². The van der Waals surface area contributed by atoms with Crippen molar-refractivity contribution in [2.45, 2.75) is 0 Å². The summed E-state index contributed by atoms with van der Waals surface area (Å²) in [5, 5.41) is 4.20. The Kier molecular flexibility index (Phi) is 4.74. The third kappa shape index (κ3) is 2.21. The highest BCUT2D eigenvalue weighted by molar-refractivity contribution is 8.13. The number of rotatable bonds is 0. The maximum Gasteiger partial charge on any atom is 0.156 e. The van der Waals surface area contributed by atoms with E-state index in [0.29, 0.717) is 0 Å². The fourth-order valence-electron chi connectivity index (χ4n) is 0.513. The summed E-state index contributed by atoms with van der Waals surface area (Å²) in [7, 11) is 0. The molecule has 0 atom stereocenters. The van der Waals surface area contributed by atoms with E-state index in [0.717, 1.165) is 18.3 Å². The van der Waals surface area contributed by atoms with Gasteiger partial charge < -0.3 is 29.3 Å². The molecule has 0 unspecified atom stereocenters. The molecule has 4 heteroatoms. The van der Waals surface area contributed by atoms with E-state index < -0.39 is 0 Å². The van der Waals surface area contributed by atoms with Crippen molar-refractivity contribution in [1.29, 1.82) is 0 Å². The summed E-state index contributed by atoms with van der Waals surface area (Å²) in [4.78, 5) is 4.12. The van der Waals surface area contributed by atoms with E-state index >= 15 is 0 Å². The van der Waals surface area contributed by atoms with Gasteiger partial charge in [-0.3, -0.25) is 4.99 Å². The monoisotopic (exact) mass is 243 g/mol. The maximum absolute atomic E-state index is 4.12. The van der Waals surface area contributed by atoms with Crippen LogP contribution in [-0.2, 0) is 0 Å². The maximum atomic E-state index is 4.12. The fraction of sp³-hybridized carbons (Fsp3) is 0.750. The molecule has 0 radical (unpaired) electrons. The van der Waals surface area contributed by atoms with E-state index in [1.165, 1.54) is 0 Å². The zero-order valence-electron chi connectivity index (χ0n) is 4.65. The third-order valence-electron chi connectivity index (χ3n) is 0.837. The highest BCUT2D eigenvalue weighted by atomic mass is 127. The normalized spacial score (nSPS) is 16.4. The number of hydrogen-bond acceptors (Lipinski definition) is 3. The third-order valence-corrected chi connectivity index (χ3v) is 1.50. The second-order valence-corrected chi connectivity index (χ2v) is 2.11. The van der Waals surface area contributed by atoms with Gasteiger partial charge in [-0.25, -0.2) is 0 Å². The average Bonchev–Trinajstić information content (AvgIpc) is 2.14. The van der Waals surface area contributed by atoms with Crippen LogP contribution in [0.15, 0.2) is 4.99 Å². The van der Waals surface area contributed by atoms with Crippen LogP contribution >= 0.6 is 11.8 Å². The molecule has 0 aromatic carbocycles. The van der Waals surface area contributed by atoms with Crippen LogP contribution < -0.4 is 29.3 Å². The molecule has 0 bridgehead atoms. The first-order valence-electron chi connectivity index (χ1n) is 2.26. The molecule has 1 heterocycles. The Balaban J connectivity index is 0.000000490. The number of nitrogens with one attached hydrogen (secondary N) is 1. The lowest BCUT2D eigenvalue weighted by molar-refractivity contribution is -0.00000150. The fourth-order valence-corrected chi connectivity index (χ4v) is 0.980. The summed E-state index contributed by atoms with van der Waals surface area (Å²) in [6, 6.07) is 0. The molecule has 2 nitrogen and oxygen atoms in total. The lowest BCUT2D eigenvalue weighted by Crippen LogP contribution is -3.00. The Morgan fingerprint density at radius 3 is 2.75 bits per heavy atom. The van der Waals surface area contributed by atoms with E-state index in [9.17, 15) is 0 Å². The summed E-state index contributed by atoms with van der Waals surface area (Å²) >= 11 is 1.67. The van der Waals surface area contributed by atoms with Crippen molar-refractivity contribution in [3.8, 4) is 0 Å². The van der Waals surface area contributed by atoms with Gasteiger partial charge in [0.05, 0.1) is 6.54 Å². The minimum Gasteiger partial charge on any atom is -1.00 e. The van der Waals surface area contributed by atoms with E-state index in [4.69, 9.17) is 0 Å². The zero-order chi connectivity index (χ0) is 5.11. The van der Waals surface area contributed by atoms with Crippen LogP contribution in [0.2, 0.25) is 0 Å². The van der Waals surface area contributed by atoms with Crippen molar-refractivity contribution in [2.75, 3.05) is 19.3 Å². The molecule has 1 rings (SSSR count). The molecule has 0 amide bonds. The van der Waals surface area contributed by atoms with Crippen molar-refractivity contribution < 1.29 is 24.0 Å². The van der Waals surface area contributed by atoms with Gasteiger partial charge >= 0.3 is 0 Å². The molecule has 8 heavy (non-hydrogen) atoms. The van der Waals surface area contributed by atoms with Gasteiger partial charge in [-0.2, -0.15) is 0 Å². The summed E-state index contributed by atoms with van der Waals surface area (Å²) < 4.78 is 0. The van der Waals surface area contributed by atoms with Crippen LogP contribution in [-0.4, -0.2) is 24.5 Å². The van der Waals surface area contributed by atoms with Gasteiger partial charge in [-0.15, -0.1) is 0 Å². The van der Waals surface area contributed by atoms with Gasteiger partial charge in [0.15, 0.2) is 5.17 Å².